The summed E-state index contributed by atoms with van der Waals surface area (Å²) in [7, 11) is 0. The number of carbonyl (C=O) groups excluding carboxylic acids is 2. The van der Waals surface area contributed by atoms with Crippen molar-refractivity contribution in [1.82, 2.24) is 5.32 Å². The van der Waals surface area contributed by atoms with E-state index in [0.29, 0.717) is 18.0 Å². The Balaban J connectivity index is 1.41. The summed E-state index contributed by atoms with van der Waals surface area (Å²) < 4.78 is 10.7. The second-order valence-corrected chi connectivity index (χ2v) is 7.22. The number of hydrogen-bond acceptors (Lipinski definition) is 5. The Hall–Kier alpha value is -2.05. The van der Waals surface area contributed by atoms with E-state index in [9.17, 15) is 9.59 Å². The van der Waals surface area contributed by atoms with Gasteiger partial charge >= 0.3 is 5.97 Å². The molecule has 0 aliphatic carbocycles. The van der Waals surface area contributed by atoms with E-state index in [-0.39, 0.29) is 19.1 Å². The molecule has 3 rings (SSSR count). The fourth-order valence-electron chi connectivity index (χ4n) is 2.60. The molecule has 1 aliphatic heterocycles. The highest BCUT2D eigenvalue weighted by Crippen LogP contribution is 2.30. The first-order valence-corrected chi connectivity index (χ1v) is 9.24. The van der Waals surface area contributed by atoms with Gasteiger partial charge in [0.2, 0.25) is 0 Å². The van der Waals surface area contributed by atoms with Gasteiger partial charge in [0.05, 0.1) is 5.92 Å². The van der Waals surface area contributed by atoms with Crippen molar-refractivity contribution in [2.24, 2.45) is 5.92 Å². The van der Waals surface area contributed by atoms with Crippen LogP contribution in [0.5, 0.6) is 5.75 Å². The monoisotopic (exact) mass is 379 g/mol. The molecule has 0 saturated heterocycles. The molecule has 1 aromatic heterocycles. The predicted molar refractivity (Wildman–Crippen MR) is 96.1 cm³/mol. The third-order valence-corrected chi connectivity index (χ3v) is 5.05. The van der Waals surface area contributed by atoms with Crippen molar-refractivity contribution in [3.8, 4) is 5.75 Å². The van der Waals surface area contributed by atoms with Crippen molar-refractivity contribution < 1.29 is 19.1 Å². The van der Waals surface area contributed by atoms with E-state index < -0.39 is 11.9 Å². The number of fused-ring (bicyclic) bond motifs is 1. The smallest absolute Gasteiger partial charge is 0.313 e. The Labute approximate surface area is 154 Å². The summed E-state index contributed by atoms with van der Waals surface area (Å²) >= 11 is 7.62. The maximum atomic E-state index is 12.1. The van der Waals surface area contributed by atoms with Crippen molar-refractivity contribution in [1.29, 1.82) is 0 Å². The standard InChI is InChI=1S/C18H18ClNO4S/c19-14-3-4-16-12(9-14)8-13(10-23-16)18(22)24-11-17(21)20-6-5-15-2-1-7-25-15/h1-4,7,9,13H,5-6,8,10-11H2,(H,20,21)/t13-/m1/s1. The quantitative estimate of drug-likeness (QED) is 0.784. The van der Waals surface area contributed by atoms with Crippen LogP contribution >= 0.6 is 22.9 Å². The van der Waals surface area contributed by atoms with Crippen LogP contribution in [0.3, 0.4) is 0 Å². The molecule has 2 heterocycles. The van der Waals surface area contributed by atoms with E-state index in [1.54, 1.807) is 29.5 Å². The lowest BCUT2D eigenvalue weighted by atomic mass is 9.97. The zero-order valence-corrected chi connectivity index (χ0v) is 15.1. The van der Waals surface area contributed by atoms with Gasteiger partial charge in [0, 0.05) is 16.4 Å². The lowest BCUT2D eigenvalue weighted by molar-refractivity contribution is -0.153. The van der Waals surface area contributed by atoms with Crippen LogP contribution < -0.4 is 10.1 Å². The summed E-state index contributed by atoms with van der Waals surface area (Å²) in [6.07, 6.45) is 1.26. The van der Waals surface area contributed by atoms with Gasteiger partial charge in [-0.2, -0.15) is 0 Å². The van der Waals surface area contributed by atoms with Gasteiger partial charge in [0.15, 0.2) is 6.61 Å². The predicted octanol–water partition coefficient (Wildman–Crippen LogP) is 2.85. The Bertz CT molecular complexity index is 748. The van der Waals surface area contributed by atoms with Gasteiger partial charge in [-0.05, 0) is 48.1 Å². The number of amides is 1. The highest BCUT2D eigenvalue weighted by atomic mass is 35.5. The second-order valence-electron chi connectivity index (χ2n) is 5.75. The highest BCUT2D eigenvalue weighted by Gasteiger charge is 2.27. The van der Waals surface area contributed by atoms with Crippen molar-refractivity contribution >= 4 is 34.8 Å². The Morgan fingerprint density at radius 1 is 1.36 bits per heavy atom. The number of benzene rings is 1. The zero-order valence-electron chi connectivity index (χ0n) is 13.5. The molecule has 1 aliphatic rings. The van der Waals surface area contributed by atoms with Gasteiger partial charge in [-0.3, -0.25) is 9.59 Å². The maximum Gasteiger partial charge on any atom is 0.313 e. The Kier molecular flexibility index (Phi) is 5.94. The van der Waals surface area contributed by atoms with Crippen LogP contribution in [0.1, 0.15) is 10.4 Å². The number of carbonyl (C=O) groups is 2. The lowest BCUT2D eigenvalue weighted by Crippen LogP contribution is -2.34. The SMILES string of the molecule is O=C(COC(=O)[C@H]1COc2ccc(Cl)cc2C1)NCCc1cccs1. The largest absolute Gasteiger partial charge is 0.492 e. The number of rotatable bonds is 6. The summed E-state index contributed by atoms with van der Waals surface area (Å²) in [5.74, 6) is -0.422. The van der Waals surface area contributed by atoms with E-state index in [0.717, 1.165) is 17.7 Å². The fraction of sp³-hybridized carbons (Fsp3) is 0.333. The van der Waals surface area contributed by atoms with E-state index in [1.165, 1.54) is 4.88 Å². The average molecular weight is 380 g/mol. The molecule has 1 N–H and O–H groups in total. The molecule has 25 heavy (non-hydrogen) atoms. The molecule has 0 unspecified atom stereocenters. The molecule has 1 atom stereocenters. The highest BCUT2D eigenvalue weighted by molar-refractivity contribution is 7.09. The van der Waals surface area contributed by atoms with Gasteiger partial charge in [-0.15, -0.1) is 11.3 Å². The maximum absolute atomic E-state index is 12.1. The first kappa shape index (κ1) is 17.8. The van der Waals surface area contributed by atoms with Crippen molar-refractivity contribution in [3.05, 3.63) is 51.2 Å². The number of ether oxygens (including phenoxy) is 2. The molecular weight excluding hydrogens is 362 g/mol. The van der Waals surface area contributed by atoms with Gasteiger partial charge in [-0.25, -0.2) is 0 Å². The second kappa shape index (κ2) is 8.36. The van der Waals surface area contributed by atoms with Gasteiger partial charge in [-0.1, -0.05) is 17.7 Å². The summed E-state index contributed by atoms with van der Waals surface area (Å²) in [4.78, 5) is 25.1. The fourth-order valence-corrected chi connectivity index (χ4v) is 3.50. The molecule has 132 valence electrons. The Morgan fingerprint density at radius 3 is 3.04 bits per heavy atom. The van der Waals surface area contributed by atoms with Gasteiger partial charge in [0.1, 0.15) is 12.4 Å². The summed E-state index contributed by atoms with van der Waals surface area (Å²) in [6.45, 7) is 0.491. The number of halogens is 1. The molecule has 7 heteroatoms. The van der Waals surface area contributed by atoms with Crippen LogP contribution in [0.2, 0.25) is 5.02 Å². The molecule has 0 fully saturated rings. The van der Waals surface area contributed by atoms with Gasteiger partial charge in [0.25, 0.3) is 5.91 Å². The van der Waals surface area contributed by atoms with Crippen LogP contribution in [0.25, 0.3) is 0 Å². The summed E-state index contributed by atoms with van der Waals surface area (Å²) in [5.41, 5.74) is 0.876. The first-order valence-electron chi connectivity index (χ1n) is 7.99. The molecule has 2 aromatic rings. The van der Waals surface area contributed by atoms with E-state index in [4.69, 9.17) is 21.1 Å². The molecule has 1 aromatic carbocycles. The molecule has 0 bridgehead atoms. The first-order chi connectivity index (χ1) is 12.1. The minimum absolute atomic E-state index is 0.244. The van der Waals surface area contributed by atoms with Crippen molar-refractivity contribution in [2.75, 3.05) is 19.8 Å². The Morgan fingerprint density at radius 2 is 2.24 bits per heavy atom. The van der Waals surface area contributed by atoms with Crippen LogP contribution in [0.15, 0.2) is 35.7 Å². The minimum Gasteiger partial charge on any atom is -0.492 e. The molecule has 0 spiro atoms. The molecule has 0 radical (unpaired) electrons. The number of esters is 1. The van der Waals surface area contributed by atoms with E-state index >= 15 is 0 Å². The molecule has 0 saturated carbocycles. The molecular formula is C18H18ClNO4S. The van der Waals surface area contributed by atoms with Crippen molar-refractivity contribution in [2.45, 2.75) is 12.8 Å². The topological polar surface area (TPSA) is 64.6 Å². The van der Waals surface area contributed by atoms with Crippen LogP contribution in [0, 0.1) is 5.92 Å². The van der Waals surface area contributed by atoms with Crippen LogP contribution in [-0.4, -0.2) is 31.6 Å². The minimum atomic E-state index is -0.431. The zero-order chi connectivity index (χ0) is 17.6. The van der Waals surface area contributed by atoms with E-state index in [2.05, 4.69) is 5.32 Å². The number of thiophene rings is 1. The average Bonchev–Trinajstić information content (AvgIpc) is 3.12. The third kappa shape index (κ3) is 4.96. The number of hydrogen-bond donors (Lipinski definition) is 1. The normalized spacial score (nSPS) is 15.8. The number of nitrogens with one attached hydrogen (secondary N) is 1. The van der Waals surface area contributed by atoms with Crippen molar-refractivity contribution in [3.63, 3.8) is 0 Å². The molecule has 5 nitrogen and oxygen atoms in total. The lowest BCUT2D eigenvalue weighted by Gasteiger charge is -2.24. The van der Waals surface area contributed by atoms with Gasteiger partial charge < -0.3 is 14.8 Å². The van der Waals surface area contributed by atoms with Crippen LogP contribution in [0.4, 0.5) is 0 Å². The molecule has 1 amide bonds. The van der Waals surface area contributed by atoms with Crippen LogP contribution in [-0.2, 0) is 27.2 Å². The summed E-state index contributed by atoms with van der Waals surface area (Å²) in [6, 6.07) is 9.32. The third-order valence-electron chi connectivity index (χ3n) is 3.88. The van der Waals surface area contributed by atoms with E-state index in [1.807, 2.05) is 17.5 Å². The summed E-state index contributed by atoms with van der Waals surface area (Å²) in [5, 5.41) is 5.34.